The molecular weight excluding hydrogens is 322 g/mol. The topological polar surface area (TPSA) is 94.3 Å². The first-order chi connectivity index (χ1) is 12.0. The number of carbonyl (C=O) groups is 2. The molecule has 1 aliphatic carbocycles. The number of nitrogens with one attached hydrogen (secondary N) is 1. The summed E-state index contributed by atoms with van der Waals surface area (Å²) in [5.41, 5.74) is 1.80. The number of esters is 1. The van der Waals surface area contributed by atoms with Gasteiger partial charge in [0.15, 0.2) is 6.10 Å². The Hall–Kier alpha value is -2.44. The quantitative estimate of drug-likeness (QED) is 0.856. The first kappa shape index (κ1) is 17.4. The zero-order valence-corrected chi connectivity index (χ0v) is 14.8. The van der Waals surface area contributed by atoms with Crippen molar-refractivity contribution >= 4 is 23.0 Å². The van der Waals surface area contributed by atoms with Gasteiger partial charge in [-0.1, -0.05) is 24.4 Å². The van der Waals surface area contributed by atoms with E-state index in [1.807, 2.05) is 0 Å². The van der Waals surface area contributed by atoms with Gasteiger partial charge in [0.2, 0.25) is 0 Å². The van der Waals surface area contributed by atoms with Crippen molar-refractivity contribution in [1.82, 2.24) is 15.5 Å². The van der Waals surface area contributed by atoms with E-state index in [0.29, 0.717) is 28.1 Å². The summed E-state index contributed by atoms with van der Waals surface area (Å²) in [5, 5.41) is 7.34. The van der Waals surface area contributed by atoms with E-state index in [2.05, 4.69) is 15.5 Å². The second-order valence-corrected chi connectivity index (χ2v) is 6.65. The molecule has 1 unspecified atom stereocenters. The summed E-state index contributed by atoms with van der Waals surface area (Å²) in [6.07, 6.45) is 4.57. The highest BCUT2D eigenvalue weighted by atomic mass is 16.5. The van der Waals surface area contributed by atoms with Crippen LogP contribution in [0.1, 0.15) is 60.8 Å². The van der Waals surface area contributed by atoms with Crippen LogP contribution in [0.4, 0.5) is 0 Å². The van der Waals surface area contributed by atoms with E-state index in [9.17, 15) is 9.59 Å². The maximum atomic E-state index is 12.6. The predicted octanol–water partition coefficient (Wildman–Crippen LogP) is 2.83. The van der Waals surface area contributed by atoms with Gasteiger partial charge in [0.1, 0.15) is 0 Å². The number of ether oxygens (including phenoxy) is 1. The predicted molar refractivity (Wildman–Crippen MR) is 91.2 cm³/mol. The number of hydrogen-bond donors (Lipinski definition) is 1. The molecular formula is C18H23N3O4. The molecule has 134 valence electrons. The second-order valence-electron chi connectivity index (χ2n) is 6.65. The first-order valence-corrected chi connectivity index (χ1v) is 8.70. The third kappa shape index (κ3) is 3.81. The summed E-state index contributed by atoms with van der Waals surface area (Å²) in [4.78, 5) is 29.1. The van der Waals surface area contributed by atoms with Crippen LogP contribution in [-0.2, 0) is 9.53 Å². The summed E-state index contributed by atoms with van der Waals surface area (Å²) in [6.45, 7) is 5.08. The molecule has 2 heterocycles. The molecule has 0 saturated heterocycles. The lowest BCUT2D eigenvalue weighted by Crippen LogP contribution is -2.42. The number of aromatic nitrogens is 2. The van der Waals surface area contributed by atoms with Crippen molar-refractivity contribution in [2.45, 2.75) is 65.0 Å². The SMILES string of the molecule is Cc1cc(C(=O)OC(C)C(=O)NC2CCCCC2)c2c(C)noc2n1. The number of hydrogen-bond acceptors (Lipinski definition) is 6. The minimum Gasteiger partial charge on any atom is -0.449 e. The fourth-order valence-electron chi connectivity index (χ4n) is 3.22. The highest BCUT2D eigenvalue weighted by molar-refractivity contribution is 6.04. The molecule has 2 aromatic rings. The van der Waals surface area contributed by atoms with E-state index in [1.54, 1.807) is 26.8 Å². The van der Waals surface area contributed by atoms with Crippen LogP contribution < -0.4 is 5.32 Å². The fourth-order valence-corrected chi connectivity index (χ4v) is 3.22. The summed E-state index contributed by atoms with van der Waals surface area (Å²) < 4.78 is 10.5. The lowest BCUT2D eigenvalue weighted by molar-refractivity contribution is -0.130. The molecule has 1 N–H and O–H groups in total. The molecule has 1 aliphatic rings. The number of amides is 1. The standard InChI is InChI=1S/C18H23N3O4/c1-10-9-14(15-11(2)21-25-17(15)19-10)18(23)24-12(3)16(22)20-13-7-5-4-6-8-13/h9,12-13H,4-8H2,1-3H3,(H,20,22). The molecule has 7 heteroatoms. The van der Waals surface area contributed by atoms with Crippen LogP contribution in [0.5, 0.6) is 0 Å². The van der Waals surface area contributed by atoms with Crippen molar-refractivity contribution in [3.8, 4) is 0 Å². The molecule has 0 spiro atoms. The Morgan fingerprint density at radius 1 is 1.28 bits per heavy atom. The summed E-state index contributed by atoms with van der Waals surface area (Å²) in [6, 6.07) is 1.80. The number of carbonyl (C=O) groups excluding carboxylic acids is 2. The Labute approximate surface area is 146 Å². The first-order valence-electron chi connectivity index (χ1n) is 8.70. The van der Waals surface area contributed by atoms with E-state index in [1.165, 1.54) is 6.42 Å². The number of nitrogens with zero attached hydrogens (tertiary/aromatic N) is 2. The minimum absolute atomic E-state index is 0.178. The molecule has 7 nitrogen and oxygen atoms in total. The molecule has 2 aromatic heterocycles. The average molecular weight is 345 g/mol. The average Bonchev–Trinajstić information content (AvgIpc) is 2.95. The van der Waals surface area contributed by atoms with Gasteiger partial charge in [0, 0.05) is 11.7 Å². The molecule has 1 saturated carbocycles. The van der Waals surface area contributed by atoms with Crippen LogP contribution in [0.25, 0.3) is 11.1 Å². The van der Waals surface area contributed by atoms with Gasteiger partial charge in [-0.3, -0.25) is 4.79 Å². The third-order valence-corrected chi connectivity index (χ3v) is 4.57. The van der Waals surface area contributed by atoms with Crippen molar-refractivity contribution in [2.24, 2.45) is 0 Å². The number of fused-ring (bicyclic) bond motifs is 1. The number of rotatable bonds is 4. The van der Waals surface area contributed by atoms with Crippen molar-refractivity contribution in [3.63, 3.8) is 0 Å². The van der Waals surface area contributed by atoms with Gasteiger partial charge in [-0.25, -0.2) is 9.78 Å². The molecule has 0 bridgehead atoms. The second kappa shape index (κ2) is 7.21. The summed E-state index contributed by atoms with van der Waals surface area (Å²) in [7, 11) is 0. The highest BCUT2D eigenvalue weighted by Gasteiger charge is 2.25. The molecule has 3 rings (SSSR count). The van der Waals surface area contributed by atoms with Crippen molar-refractivity contribution in [1.29, 1.82) is 0 Å². The maximum Gasteiger partial charge on any atom is 0.339 e. The molecule has 0 aromatic carbocycles. The largest absolute Gasteiger partial charge is 0.449 e. The van der Waals surface area contributed by atoms with E-state index in [4.69, 9.17) is 9.26 Å². The van der Waals surface area contributed by atoms with Gasteiger partial charge in [-0.05, 0) is 39.7 Å². The Kier molecular flexibility index (Phi) is 5.01. The maximum absolute atomic E-state index is 12.6. The third-order valence-electron chi connectivity index (χ3n) is 4.57. The zero-order chi connectivity index (χ0) is 18.0. The molecule has 0 aliphatic heterocycles. The Morgan fingerprint density at radius 3 is 2.72 bits per heavy atom. The van der Waals surface area contributed by atoms with E-state index >= 15 is 0 Å². The van der Waals surface area contributed by atoms with Gasteiger partial charge in [-0.15, -0.1) is 0 Å². The minimum atomic E-state index is -0.863. The fraction of sp³-hybridized carbons (Fsp3) is 0.556. The zero-order valence-electron chi connectivity index (χ0n) is 14.8. The van der Waals surface area contributed by atoms with Gasteiger partial charge >= 0.3 is 5.97 Å². The molecule has 1 fully saturated rings. The van der Waals surface area contributed by atoms with E-state index in [0.717, 1.165) is 25.7 Å². The molecule has 1 atom stereocenters. The van der Waals surface area contributed by atoms with Gasteiger partial charge in [0.25, 0.3) is 11.6 Å². The lowest BCUT2D eigenvalue weighted by atomic mass is 9.95. The highest BCUT2D eigenvalue weighted by Crippen LogP contribution is 2.23. The van der Waals surface area contributed by atoms with Crippen LogP contribution in [0.3, 0.4) is 0 Å². The van der Waals surface area contributed by atoms with Crippen LogP contribution in [0.15, 0.2) is 10.6 Å². The van der Waals surface area contributed by atoms with Crippen molar-refractivity contribution in [2.75, 3.05) is 0 Å². The molecule has 1 amide bonds. The van der Waals surface area contributed by atoms with Gasteiger partial charge in [-0.2, -0.15) is 0 Å². The van der Waals surface area contributed by atoms with E-state index < -0.39 is 12.1 Å². The smallest absolute Gasteiger partial charge is 0.339 e. The van der Waals surface area contributed by atoms with Gasteiger partial charge < -0.3 is 14.6 Å². The number of pyridine rings is 1. The van der Waals surface area contributed by atoms with Crippen molar-refractivity contribution in [3.05, 3.63) is 23.0 Å². The van der Waals surface area contributed by atoms with Crippen LogP contribution >= 0.6 is 0 Å². The summed E-state index contributed by atoms with van der Waals surface area (Å²) in [5.74, 6) is -0.836. The Morgan fingerprint density at radius 2 is 2.00 bits per heavy atom. The van der Waals surface area contributed by atoms with E-state index in [-0.39, 0.29) is 11.9 Å². The van der Waals surface area contributed by atoms with Crippen LogP contribution in [0, 0.1) is 13.8 Å². The van der Waals surface area contributed by atoms with Gasteiger partial charge in [0.05, 0.1) is 16.6 Å². The normalized spacial score (nSPS) is 16.6. The monoisotopic (exact) mass is 345 g/mol. The molecule has 0 radical (unpaired) electrons. The van der Waals surface area contributed by atoms with Crippen LogP contribution in [-0.4, -0.2) is 34.2 Å². The lowest BCUT2D eigenvalue weighted by Gasteiger charge is -2.24. The van der Waals surface area contributed by atoms with Crippen molar-refractivity contribution < 1.29 is 18.8 Å². The Bertz CT molecular complexity index is 793. The number of aryl methyl sites for hydroxylation is 2. The Balaban J connectivity index is 1.71. The molecule has 25 heavy (non-hydrogen) atoms. The van der Waals surface area contributed by atoms with Crippen LogP contribution in [0.2, 0.25) is 0 Å². The summed E-state index contributed by atoms with van der Waals surface area (Å²) >= 11 is 0.